The van der Waals surface area contributed by atoms with E-state index in [1.807, 2.05) is 0 Å². The molecular formula is C16H24BrN3O. The van der Waals surface area contributed by atoms with Gasteiger partial charge in [-0.2, -0.15) is 0 Å². The average molecular weight is 354 g/mol. The number of aromatic nitrogens is 2. The molecule has 0 amide bonds. The van der Waals surface area contributed by atoms with E-state index in [-0.39, 0.29) is 0 Å². The lowest BCUT2D eigenvalue weighted by Crippen LogP contribution is -2.15. The van der Waals surface area contributed by atoms with Crippen molar-refractivity contribution in [2.24, 2.45) is 0 Å². The summed E-state index contributed by atoms with van der Waals surface area (Å²) >= 11 is 3.72. The van der Waals surface area contributed by atoms with Crippen molar-refractivity contribution in [3.05, 3.63) is 16.0 Å². The number of ether oxygens (including phenoxy) is 1. The Morgan fingerprint density at radius 3 is 2.67 bits per heavy atom. The average Bonchev–Trinajstić information content (AvgIpc) is 3.15. The first kappa shape index (κ1) is 15.2. The Morgan fingerprint density at radius 2 is 2.00 bits per heavy atom. The first-order valence-corrected chi connectivity index (χ1v) is 8.99. The third-order valence-corrected chi connectivity index (χ3v) is 5.23. The lowest BCUT2D eigenvalue weighted by molar-refractivity contribution is 0.110. The van der Waals surface area contributed by atoms with Gasteiger partial charge in [-0.25, -0.2) is 9.97 Å². The molecule has 5 heteroatoms. The first-order chi connectivity index (χ1) is 10.3. The van der Waals surface area contributed by atoms with Gasteiger partial charge in [0.25, 0.3) is 0 Å². The van der Waals surface area contributed by atoms with E-state index in [1.165, 1.54) is 31.4 Å². The van der Waals surface area contributed by atoms with E-state index in [1.54, 1.807) is 0 Å². The van der Waals surface area contributed by atoms with E-state index in [2.05, 4.69) is 28.2 Å². The van der Waals surface area contributed by atoms with E-state index in [4.69, 9.17) is 14.7 Å². The minimum atomic E-state index is 0.303. The Hall–Kier alpha value is -0.680. The monoisotopic (exact) mass is 353 g/mol. The maximum atomic E-state index is 5.74. The topological polar surface area (TPSA) is 47.0 Å². The maximum Gasteiger partial charge on any atom is 0.144 e. The summed E-state index contributed by atoms with van der Waals surface area (Å²) in [7, 11) is 0. The molecular weight excluding hydrogens is 330 g/mol. The molecule has 2 heterocycles. The molecule has 1 aromatic heterocycles. The molecule has 1 N–H and O–H groups in total. The molecule has 2 aliphatic rings. The first-order valence-electron chi connectivity index (χ1n) is 8.19. The highest BCUT2D eigenvalue weighted by molar-refractivity contribution is 9.10. The van der Waals surface area contributed by atoms with Crippen LogP contribution in [-0.4, -0.2) is 29.2 Å². The van der Waals surface area contributed by atoms with Crippen LogP contribution in [0.15, 0.2) is 4.47 Å². The molecule has 0 radical (unpaired) electrons. The third-order valence-electron chi connectivity index (χ3n) is 4.44. The number of nitrogens with one attached hydrogen (secondary N) is 1. The van der Waals surface area contributed by atoms with E-state index < -0.39 is 0 Å². The van der Waals surface area contributed by atoms with Crippen molar-refractivity contribution in [3.8, 4) is 0 Å². The van der Waals surface area contributed by atoms with Crippen LogP contribution in [0.2, 0.25) is 0 Å². The highest BCUT2D eigenvalue weighted by Gasteiger charge is 2.25. The van der Waals surface area contributed by atoms with Crippen molar-refractivity contribution >= 4 is 21.7 Å². The van der Waals surface area contributed by atoms with E-state index >= 15 is 0 Å². The predicted molar refractivity (Wildman–Crippen MR) is 87.8 cm³/mol. The fourth-order valence-corrected chi connectivity index (χ4v) is 4.01. The standard InChI is InChI=1S/C16H24BrN3O/c1-2-18-16-14(17)15(11-6-3-4-7-11)19-13(20-16)10-12-8-5-9-21-12/h11-12H,2-10H2,1H3,(H,18,19,20). The summed E-state index contributed by atoms with van der Waals surface area (Å²) < 4.78 is 6.80. The Balaban J connectivity index is 1.87. The van der Waals surface area contributed by atoms with Crippen LogP contribution in [-0.2, 0) is 11.2 Å². The van der Waals surface area contributed by atoms with Gasteiger partial charge in [0.1, 0.15) is 11.6 Å². The van der Waals surface area contributed by atoms with Gasteiger partial charge >= 0.3 is 0 Å². The minimum Gasteiger partial charge on any atom is -0.378 e. The van der Waals surface area contributed by atoms with Crippen molar-refractivity contribution in [2.75, 3.05) is 18.5 Å². The maximum absolute atomic E-state index is 5.74. The minimum absolute atomic E-state index is 0.303. The SMILES string of the molecule is CCNc1nc(CC2CCCO2)nc(C2CCCC2)c1Br. The van der Waals surface area contributed by atoms with Crippen LogP contribution < -0.4 is 5.32 Å². The van der Waals surface area contributed by atoms with Crippen LogP contribution in [0.25, 0.3) is 0 Å². The van der Waals surface area contributed by atoms with Crippen LogP contribution >= 0.6 is 15.9 Å². The summed E-state index contributed by atoms with van der Waals surface area (Å²) in [6.07, 6.45) is 8.58. The van der Waals surface area contributed by atoms with E-state index in [9.17, 15) is 0 Å². The fraction of sp³-hybridized carbons (Fsp3) is 0.750. The van der Waals surface area contributed by atoms with Crippen LogP contribution in [0.4, 0.5) is 5.82 Å². The molecule has 0 aromatic carbocycles. The summed E-state index contributed by atoms with van der Waals surface area (Å²) in [5.41, 5.74) is 1.20. The van der Waals surface area contributed by atoms with E-state index in [0.717, 1.165) is 48.5 Å². The molecule has 1 atom stereocenters. The van der Waals surface area contributed by atoms with E-state index in [0.29, 0.717) is 12.0 Å². The molecule has 0 spiro atoms. The van der Waals surface area contributed by atoms with Gasteiger partial charge in [-0.15, -0.1) is 0 Å². The second-order valence-electron chi connectivity index (χ2n) is 6.04. The highest BCUT2D eigenvalue weighted by atomic mass is 79.9. The summed E-state index contributed by atoms with van der Waals surface area (Å²) in [5.74, 6) is 2.47. The molecule has 1 aliphatic carbocycles. The molecule has 1 saturated heterocycles. The zero-order chi connectivity index (χ0) is 14.7. The number of nitrogens with zero attached hydrogens (tertiary/aromatic N) is 2. The zero-order valence-electron chi connectivity index (χ0n) is 12.7. The number of hydrogen-bond acceptors (Lipinski definition) is 4. The predicted octanol–water partition coefficient (Wildman–Crippen LogP) is 4.05. The third kappa shape index (κ3) is 3.57. The molecule has 3 rings (SSSR count). The molecule has 4 nitrogen and oxygen atoms in total. The number of rotatable bonds is 5. The second kappa shape index (κ2) is 7.05. The summed E-state index contributed by atoms with van der Waals surface area (Å²) in [6.45, 7) is 3.86. The normalized spacial score (nSPS) is 22.9. The van der Waals surface area contributed by atoms with Crippen molar-refractivity contribution in [3.63, 3.8) is 0 Å². The Labute approximate surface area is 135 Å². The van der Waals surface area contributed by atoms with Gasteiger partial charge in [0.05, 0.1) is 16.3 Å². The van der Waals surface area contributed by atoms with Crippen LogP contribution in [0.1, 0.15) is 62.9 Å². The van der Waals surface area contributed by atoms with Crippen molar-refractivity contribution < 1.29 is 4.74 Å². The molecule has 1 saturated carbocycles. The van der Waals surface area contributed by atoms with Gasteiger partial charge in [0.2, 0.25) is 0 Å². The van der Waals surface area contributed by atoms with Gasteiger partial charge in [0.15, 0.2) is 0 Å². The van der Waals surface area contributed by atoms with Gasteiger partial charge in [-0.3, -0.25) is 0 Å². The Morgan fingerprint density at radius 1 is 1.19 bits per heavy atom. The fourth-order valence-electron chi connectivity index (χ4n) is 3.37. The number of halogens is 1. The number of anilines is 1. The summed E-state index contributed by atoms with van der Waals surface area (Å²) in [6, 6.07) is 0. The zero-order valence-corrected chi connectivity index (χ0v) is 14.3. The van der Waals surface area contributed by atoms with Crippen LogP contribution in [0.3, 0.4) is 0 Å². The molecule has 21 heavy (non-hydrogen) atoms. The van der Waals surface area contributed by atoms with Gasteiger partial charge in [-0.1, -0.05) is 12.8 Å². The molecule has 0 bridgehead atoms. The van der Waals surface area contributed by atoms with Gasteiger partial charge in [-0.05, 0) is 48.5 Å². The summed E-state index contributed by atoms with van der Waals surface area (Å²) in [5, 5.41) is 3.37. The van der Waals surface area contributed by atoms with Gasteiger partial charge < -0.3 is 10.1 Å². The number of hydrogen-bond donors (Lipinski definition) is 1. The second-order valence-corrected chi connectivity index (χ2v) is 6.83. The quantitative estimate of drug-likeness (QED) is 0.867. The molecule has 2 fully saturated rings. The van der Waals surface area contributed by atoms with Crippen molar-refractivity contribution in [2.45, 2.75) is 63.9 Å². The van der Waals surface area contributed by atoms with Crippen molar-refractivity contribution in [1.82, 2.24) is 9.97 Å². The summed E-state index contributed by atoms with van der Waals surface area (Å²) in [4.78, 5) is 9.59. The lowest BCUT2D eigenvalue weighted by atomic mass is 10.0. The van der Waals surface area contributed by atoms with Crippen molar-refractivity contribution in [1.29, 1.82) is 0 Å². The van der Waals surface area contributed by atoms with Gasteiger partial charge in [0, 0.05) is 25.5 Å². The largest absolute Gasteiger partial charge is 0.378 e. The molecule has 1 aliphatic heterocycles. The molecule has 116 valence electrons. The smallest absolute Gasteiger partial charge is 0.144 e. The molecule has 1 aromatic rings. The lowest BCUT2D eigenvalue weighted by Gasteiger charge is -2.17. The van der Waals surface area contributed by atoms with Crippen LogP contribution in [0.5, 0.6) is 0 Å². The van der Waals surface area contributed by atoms with Crippen LogP contribution in [0, 0.1) is 0 Å². The Kier molecular flexibility index (Phi) is 5.11. The highest BCUT2D eigenvalue weighted by Crippen LogP contribution is 2.38. The Bertz CT molecular complexity index is 483. The molecule has 1 unspecified atom stereocenters.